The van der Waals surface area contributed by atoms with E-state index in [4.69, 9.17) is 15.0 Å². The molecule has 0 unspecified atom stereocenters. The minimum absolute atomic E-state index is 0.658. The minimum Gasteiger partial charge on any atom is -0.208 e. The molecule has 4 heteroatoms. The SMILES string of the molecule is C[Si]1(C)c2cccc(-c3nc(-c4ccccc4-c4ccccc4)nc(-c4ccc(-c5ccccc5)c5ccccc45)n3)c2-c2c1ccc1ccccc21. The molecule has 0 spiro atoms. The number of benzene rings is 8. The highest BCUT2D eigenvalue weighted by Gasteiger charge is 2.40. The smallest absolute Gasteiger partial charge is 0.164 e. The molecular weight excluding hydrogens is 659 g/mol. The van der Waals surface area contributed by atoms with Crippen LogP contribution in [0.5, 0.6) is 0 Å². The van der Waals surface area contributed by atoms with E-state index < -0.39 is 8.07 Å². The summed E-state index contributed by atoms with van der Waals surface area (Å²) in [5, 5.41) is 7.69. The van der Waals surface area contributed by atoms with Crippen molar-refractivity contribution in [3.05, 3.63) is 176 Å². The first-order chi connectivity index (χ1) is 26.1. The Balaban J connectivity index is 1.27. The summed E-state index contributed by atoms with van der Waals surface area (Å²) in [5.41, 5.74) is 10.2. The lowest BCUT2D eigenvalue weighted by Gasteiger charge is -2.19. The van der Waals surface area contributed by atoms with Crippen molar-refractivity contribution in [2.75, 3.05) is 0 Å². The highest BCUT2D eigenvalue weighted by molar-refractivity contribution is 7.04. The van der Waals surface area contributed by atoms with Crippen LogP contribution in [-0.4, -0.2) is 23.0 Å². The first kappa shape index (κ1) is 31.3. The van der Waals surface area contributed by atoms with Gasteiger partial charge in [0.2, 0.25) is 0 Å². The Kier molecular flexibility index (Phi) is 7.27. The maximum atomic E-state index is 5.43. The molecule has 0 fully saturated rings. The van der Waals surface area contributed by atoms with Gasteiger partial charge in [-0.3, -0.25) is 0 Å². The van der Waals surface area contributed by atoms with E-state index in [1.165, 1.54) is 43.4 Å². The number of aromatic nitrogens is 3. The molecule has 9 aromatic rings. The largest absolute Gasteiger partial charge is 0.208 e. The van der Waals surface area contributed by atoms with Crippen molar-refractivity contribution in [1.29, 1.82) is 0 Å². The van der Waals surface area contributed by atoms with Crippen LogP contribution in [0.3, 0.4) is 0 Å². The molecule has 0 bridgehead atoms. The first-order valence-electron chi connectivity index (χ1n) is 18.2. The number of rotatable bonds is 5. The van der Waals surface area contributed by atoms with Gasteiger partial charge in [0.1, 0.15) is 8.07 Å². The molecule has 53 heavy (non-hydrogen) atoms. The Morgan fingerprint density at radius 2 is 0.811 bits per heavy atom. The molecule has 3 nitrogen and oxygen atoms in total. The van der Waals surface area contributed by atoms with E-state index in [1.807, 2.05) is 0 Å². The molecule has 1 aliphatic rings. The second-order valence-corrected chi connectivity index (χ2v) is 18.7. The second-order valence-electron chi connectivity index (χ2n) is 14.4. The highest BCUT2D eigenvalue weighted by Crippen LogP contribution is 2.42. The van der Waals surface area contributed by atoms with Crippen LogP contribution in [0.25, 0.3) is 89.1 Å². The van der Waals surface area contributed by atoms with Crippen molar-refractivity contribution in [1.82, 2.24) is 15.0 Å². The minimum atomic E-state index is -2.02. The third-order valence-electron chi connectivity index (χ3n) is 11.0. The van der Waals surface area contributed by atoms with E-state index in [0.29, 0.717) is 17.5 Å². The molecule has 1 aliphatic heterocycles. The van der Waals surface area contributed by atoms with Crippen LogP contribution in [0.4, 0.5) is 0 Å². The van der Waals surface area contributed by atoms with Crippen molar-refractivity contribution in [2.24, 2.45) is 0 Å². The summed E-state index contributed by atoms with van der Waals surface area (Å²) in [5.74, 6) is 2.01. The predicted molar refractivity (Wildman–Crippen MR) is 224 cm³/mol. The van der Waals surface area contributed by atoms with E-state index in [2.05, 4.69) is 189 Å². The lowest BCUT2D eigenvalue weighted by molar-refractivity contribution is 1.08. The molecule has 10 rings (SSSR count). The predicted octanol–water partition coefficient (Wildman–Crippen LogP) is 11.3. The molecule has 0 N–H and O–H groups in total. The number of hydrogen-bond donors (Lipinski definition) is 0. The Labute approximate surface area is 310 Å². The molecule has 0 saturated heterocycles. The van der Waals surface area contributed by atoms with Gasteiger partial charge in [0, 0.05) is 16.7 Å². The second kappa shape index (κ2) is 12.3. The molecule has 0 saturated carbocycles. The van der Waals surface area contributed by atoms with Crippen LogP contribution in [0, 0.1) is 0 Å². The summed E-state index contributed by atoms with van der Waals surface area (Å²) in [4.78, 5) is 16.2. The van der Waals surface area contributed by atoms with Crippen LogP contribution in [0.15, 0.2) is 176 Å². The maximum Gasteiger partial charge on any atom is 0.164 e. The van der Waals surface area contributed by atoms with Gasteiger partial charge in [0.05, 0.1) is 0 Å². The van der Waals surface area contributed by atoms with Crippen molar-refractivity contribution in [2.45, 2.75) is 13.1 Å². The van der Waals surface area contributed by atoms with Crippen molar-refractivity contribution in [3.63, 3.8) is 0 Å². The van der Waals surface area contributed by atoms with Crippen molar-refractivity contribution in [3.8, 4) is 67.5 Å². The van der Waals surface area contributed by atoms with Crippen molar-refractivity contribution < 1.29 is 0 Å². The van der Waals surface area contributed by atoms with Gasteiger partial charge >= 0.3 is 0 Å². The lowest BCUT2D eigenvalue weighted by atomic mass is 9.93. The summed E-state index contributed by atoms with van der Waals surface area (Å²) < 4.78 is 0. The molecule has 1 aromatic heterocycles. The standard InChI is InChI=1S/C49H35N3Si/c1-53(2)43-27-15-26-42(46(43)45-37-22-10-9-20-34(37)28-31-44(45)53)49-51-47(40-25-14-11-21-35(40)32-16-5-3-6-17-32)50-48(52-49)41-30-29-36(33-18-7-4-8-19-33)38-23-12-13-24-39(38)41/h3-31H,1-2H3. The van der Waals surface area contributed by atoms with E-state index >= 15 is 0 Å². The molecule has 250 valence electrons. The van der Waals surface area contributed by atoms with Crippen LogP contribution in [0.2, 0.25) is 13.1 Å². The average molecular weight is 694 g/mol. The fraction of sp³-hybridized carbons (Fsp3) is 0.0408. The zero-order chi connectivity index (χ0) is 35.5. The van der Waals surface area contributed by atoms with E-state index in [0.717, 1.165) is 38.6 Å². The van der Waals surface area contributed by atoms with Gasteiger partial charge < -0.3 is 0 Å². The van der Waals surface area contributed by atoms with Gasteiger partial charge in [-0.25, -0.2) is 15.0 Å². The van der Waals surface area contributed by atoms with E-state index in [-0.39, 0.29) is 0 Å². The summed E-state index contributed by atoms with van der Waals surface area (Å²) >= 11 is 0. The summed E-state index contributed by atoms with van der Waals surface area (Å²) in [6, 6.07) is 62.7. The van der Waals surface area contributed by atoms with Crippen molar-refractivity contribution >= 4 is 40.0 Å². The third-order valence-corrected chi connectivity index (χ3v) is 14.5. The first-order valence-corrected chi connectivity index (χ1v) is 21.2. The van der Waals surface area contributed by atoms with Crippen LogP contribution in [0.1, 0.15) is 0 Å². The molecule has 0 amide bonds. The Morgan fingerprint density at radius 3 is 1.53 bits per heavy atom. The lowest BCUT2D eigenvalue weighted by Crippen LogP contribution is -2.49. The zero-order valence-electron chi connectivity index (χ0n) is 29.6. The Bertz CT molecular complexity index is 2860. The fourth-order valence-electron chi connectivity index (χ4n) is 8.38. The fourth-order valence-corrected chi connectivity index (χ4v) is 11.5. The monoisotopic (exact) mass is 693 g/mol. The number of hydrogen-bond acceptors (Lipinski definition) is 3. The molecule has 2 heterocycles. The third kappa shape index (κ3) is 5.06. The Hall–Kier alpha value is -6.49. The normalized spacial score (nSPS) is 12.9. The number of fused-ring (bicyclic) bond motifs is 6. The summed E-state index contributed by atoms with van der Waals surface area (Å²) in [6.07, 6.45) is 0. The van der Waals surface area contributed by atoms with Gasteiger partial charge in [-0.2, -0.15) is 0 Å². The van der Waals surface area contributed by atoms with Crippen LogP contribution >= 0.6 is 0 Å². The quantitative estimate of drug-likeness (QED) is 0.168. The van der Waals surface area contributed by atoms with Gasteiger partial charge in [-0.05, 0) is 71.4 Å². The molecular formula is C49H35N3Si. The number of nitrogens with zero attached hydrogens (tertiary/aromatic N) is 3. The highest BCUT2D eigenvalue weighted by atomic mass is 28.3. The van der Waals surface area contributed by atoms with Gasteiger partial charge in [-0.1, -0.05) is 183 Å². The van der Waals surface area contributed by atoms with Gasteiger partial charge in [0.15, 0.2) is 17.5 Å². The molecule has 0 aliphatic carbocycles. The summed E-state index contributed by atoms with van der Waals surface area (Å²) in [6.45, 7) is 4.94. The zero-order valence-corrected chi connectivity index (χ0v) is 30.6. The van der Waals surface area contributed by atoms with Gasteiger partial charge in [0.25, 0.3) is 0 Å². The van der Waals surface area contributed by atoms with E-state index in [9.17, 15) is 0 Å². The average Bonchev–Trinajstić information content (AvgIpc) is 3.47. The molecule has 0 radical (unpaired) electrons. The maximum absolute atomic E-state index is 5.43. The van der Waals surface area contributed by atoms with Crippen LogP contribution < -0.4 is 10.4 Å². The van der Waals surface area contributed by atoms with Gasteiger partial charge in [-0.15, -0.1) is 0 Å². The molecule has 0 atom stereocenters. The Morgan fingerprint density at radius 1 is 0.321 bits per heavy atom. The van der Waals surface area contributed by atoms with E-state index in [1.54, 1.807) is 0 Å². The van der Waals surface area contributed by atoms with Crippen LogP contribution in [-0.2, 0) is 0 Å². The summed E-state index contributed by atoms with van der Waals surface area (Å²) in [7, 11) is -2.02. The topological polar surface area (TPSA) is 38.7 Å². The molecule has 8 aromatic carbocycles.